The molecule has 0 aromatic heterocycles. The number of hydrogen-bond donors (Lipinski definition) is 1. The monoisotopic (exact) mass is 238 g/mol. The molecule has 0 heterocycles. The predicted molar refractivity (Wildman–Crippen MR) is 71.9 cm³/mol. The second kappa shape index (κ2) is 7.28. The minimum atomic E-state index is -0.181. The van der Waals surface area contributed by atoms with Crippen molar-refractivity contribution in [2.75, 3.05) is 25.0 Å². The first-order valence-corrected chi connectivity index (χ1v) is 6.41. The van der Waals surface area contributed by atoms with Gasteiger partial charge in [0.05, 0.1) is 5.69 Å². The van der Waals surface area contributed by atoms with Crippen molar-refractivity contribution >= 4 is 5.69 Å². The van der Waals surface area contributed by atoms with Crippen LogP contribution in [-0.4, -0.2) is 30.6 Å². The summed E-state index contributed by atoms with van der Waals surface area (Å²) in [5.41, 5.74) is 0.590. The highest BCUT2D eigenvalue weighted by Crippen LogP contribution is 2.12. The average Bonchev–Trinajstić information content (AvgIpc) is 2.36. The van der Waals surface area contributed by atoms with E-state index in [1.165, 1.54) is 6.07 Å². The molecule has 96 valence electrons. The van der Waals surface area contributed by atoms with Gasteiger partial charge in [-0.3, -0.25) is 4.90 Å². The van der Waals surface area contributed by atoms with Gasteiger partial charge in [0.2, 0.25) is 0 Å². The summed E-state index contributed by atoms with van der Waals surface area (Å²) in [6.45, 7) is 9.34. The van der Waals surface area contributed by atoms with E-state index in [0.29, 0.717) is 11.7 Å². The Balaban J connectivity index is 2.39. The molecule has 0 radical (unpaired) electrons. The summed E-state index contributed by atoms with van der Waals surface area (Å²) in [7, 11) is 0. The third kappa shape index (κ3) is 4.35. The molecule has 0 spiro atoms. The lowest BCUT2D eigenvalue weighted by molar-refractivity contribution is 0.223. The van der Waals surface area contributed by atoms with Gasteiger partial charge in [0.15, 0.2) is 0 Å². The molecular weight excluding hydrogens is 215 g/mol. The molecule has 1 rings (SSSR count). The Kier molecular flexibility index (Phi) is 5.98. The zero-order valence-corrected chi connectivity index (χ0v) is 11.0. The zero-order valence-electron chi connectivity index (χ0n) is 11.0. The average molecular weight is 238 g/mol. The largest absolute Gasteiger partial charge is 0.381 e. The lowest BCUT2D eigenvalue weighted by atomic mass is 10.2. The number of halogens is 1. The van der Waals surface area contributed by atoms with Crippen LogP contribution in [0, 0.1) is 5.82 Å². The first-order chi connectivity index (χ1) is 8.19. The van der Waals surface area contributed by atoms with E-state index in [-0.39, 0.29) is 5.82 Å². The summed E-state index contributed by atoms with van der Waals surface area (Å²) >= 11 is 0. The van der Waals surface area contributed by atoms with Gasteiger partial charge in [0.25, 0.3) is 0 Å². The second-order valence-electron chi connectivity index (χ2n) is 4.29. The Morgan fingerprint density at radius 3 is 2.59 bits per heavy atom. The zero-order chi connectivity index (χ0) is 12.7. The van der Waals surface area contributed by atoms with Crippen molar-refractivity contribution in [3.63, 3.8) is 0 Å². The summed E-state index contributed by atoms with van der Waals surface area (Å²) in [6, 6.07) is 7.39. The standard InChI is InChI=1S/C14H23FN2/c1-4-12(3)17(5-2)11-10-16-14-9-7-6-8-13(14)15/h6-9,12,16H,4-5,10-11H2,1-3H3. The van der Waals surface area contributed by atoms with Gasteiger partial charge in [-0.15, -0.1) is 0 Å². The van der Waals surface area contributed by atoms with Crippen LogP contribution in [0.25, 0.3) is 0 Å². The topological polar surface area (TPSA) is 15.3 Å². The third-order valence-electron chi connectivity index (χ3n) is 3.21. The second-order valence-corrected chi connectivity index (χ2v) is 4.29. The van der Waals surface area contributed by atoms with Gasteiger partial charge in [-0.25, -0.2) is 4.39 Å². The first-order valence-electron chi connectivity index (χ1n) is 6.41. The van der Waals surface area contributed by atoms with Crippen molar-refractivity contribution in [3.05, 3.63) is 30.1 Å². The number of nitrogens with one attached hydrogen (secondary N) is 1. The molecule has 1 N–H and O–H groups in total. The van der Waals surface area contributed by atoms with Gasteiger partial charge < -0.3 is 5.32 Å². The molecule has 1 unspecified atom stereocenters. The van der Waals surface area contributed by atoms with E-state index in [2.05, 4.69) is 31.0 Å². The highest BCUT2D eigenvalue weighted by molar-refractivity contribution is 5.44. The number of benzene rings is 1. The van der Waals surface area contributed by atoms with E-state index in [1.54, 1.807) is 12.1 Å². The molecule has 0 bridgehead atoms. The summed E-state index contributed by atoms with van der Waals surface area (Å²) in [6.07, 6.45) is 1.15. The van der Waals surface area contributed by atoms with Gasteiger partial charge in [0.1, 0.15) is 5.82 Å². The van der Waals surface area contributed by atoms with Crippen LogP contribution >= 0.6 is 0 Å². The number of hydrogen-bond acceptors (Lipinski definition) is 2. The van der Waals surface area contributed by atoms with Crippen LogP contribution in [0.2, 0.25) is 0 Å². The van der Waals surface area contributed by atoms with Crippen molar-refractivity contribution < 1.29 is 4.39 Å². The van der Waals surface area contributed by atoms with E-state index >= 15 is 0 Å². The summed E-state index contributed by atoms with van der Waals surface area (Å²) in [5, 5.41) is 3.14. The van der Waals surface area contributed by atoms with E-state index < -0.39 is 0 Å². The normalized spacial score (nSPS) is 12.8. The Morgan fingerprint density at radius 1 is 1.29 bits per heavy atom. The summed E-state index contributed by atoms with van der Waals surface area (Å²) < 4.78 is 13.3. The summed E-state index contributed by atoms with van der Waals surface area (Å²) in [5.74, 6) is -0.181. The Bertz CT molecular complexity index is 328. The fourth-order valence-electron chi connectivity index (χ4n) is 1.89. The third-order valence-corrected chi connectivity index (χ3v) is 3.21. The maximum atomic E-state index is 13.3. The lowest BCUT2D eigenvalue weighted by Crippen LogP contribution is -2.36. The minimum Gasteiger partial charge on any atom is -0.381 e. The molecule has 0 saturated heterocycles. The van der Waals surface area contributed by atoms with Crippen LogP contribution in [0.15, 0.2) is 24.3 Å². The minimum absolute atomic E-state index is 0.181. The van der Waals surface area contributed by atoms with E-state index in [1.807, 2.05) is 6.07 Å². The van der Waals surface area contributed by atoms with Crippen LogP contribution in [0.1, 0.15) is 27.2 Å². The van der Waals surface area contributed by atoms with Gasteiger partial charge in [-0.2, -0.15) is 0 Å². The lowest BCUT2D eigenvalue weighted by Gasteiger charge is -2.27. The molecule has 0 saturated carbocycles. The molecule has 3 heteroatoms. The highest BCUT2D eigenvalue weighted by atomic mass is 19.1. The number of rotatable bonds is 7. The maximum Gasteiger partial charge on any atom is 0.146 e. The van der Waals surface area contributed by atoms with Crippen LogP contribution < -0.4 is 5.32 Å². The van der Waals surface area contributed by atoms with Crippen LogP contribution in [0.3, 0.4) is 0 Å². The predicted octanol–water partition coefficient (Wildman–Crippen LogP) is 3.36. The van der Waals surface area contributed by atoms with Crippen molar-refractivity contribution in [3.8, 4) is 0 Å². The molecule has 1 aromatic carbocycles. The van der Waals surface area contributed by atoms with Crippen LogP contribution in [0.4, 0.5) is 10.1 Å². The molecule has 1 aromatic rings. The molecule has 17 heavy (non-hydrogen) atoms. The number of likely N-dealkylation sites (N-methyl/N-ethyl adjacent to an activating group) is 1. The van der Waals surface area contributed by atoms with Crippen molar-refractivity contribution in [1.82, 2.24) is 4.90 Å². The number of anilines is 1. The Labute approximate surface area is 104 Å². The van der Waals surface area contributed by atoms with Crippen LogP contribution in [-0.2, 0) is 0 Å². The molecule has 0 aliphatic heterocycles. The fraction of sp³-hybridized carbons (Fsp3) is 0.571. The number of nitrogens with zero attached hydrogens (tertiary/aromatic N) is 1. The molecule has 0 aliphatic carbocycles. The molecular formula is C14H23FN2. The van der Waals surface area contributed by atoms with Crippen LogP contribution in [0.5, 0.6) is 0 Å². The van der Waals surface area contributed by atoms with Gasteiger partial charge in [0, 0.05) is 19.1 Å². The van der Waals surface area contributed by atoms with Gasteiger partial charge in [-0.1, -0.05) is 26.0 Å². The number of para-hydroxylation sites is 1. The Morgan fingerprint density at radius 2 is 2.00 bits per heavy atom. The molecule has 1 atom stereocenters. The van der Waals surface area contributed by atoms with Gasteiger partial charge in [-0.05, 0) is 32.0 Å². The summed E-state index contributed by atoms with van der Waals surface area (Å²) in [4.78, 5) is 2.40. The quantitative estimate of drug-likeness (QED) is 0.783. The first kappa shape index (κ1) is 14.0. The molecule has 2 nitrogen and oxygen atoms in total. The SMILES string of the molecule is CCC(C)N(CC)CCNc1ccccc1F. The Hall–Kier alpha value is -1.09. The molecule has 0 amide bonds. The van der Waals surface area contributed by atoms with E-state index in [4.69, 9.17) is 0 Å². The van der Waals surface area contributed by atoms with Crippen molar-refractivity contribution in [2.24, 2.45) is 0 Å². The molecule has 0 aliphatic rings. The molecule has 0 fully saturated rings. The smallest absolute Gasteiger partial charge is 0.146 e. The van der Waals surface area contributed by atoms with E-state index in [9.17, 15) is 4.39 Å². The fourth-order valence-corrected chi connectivity index (χ4v) is 1.89. The van der Waals surface area contributed by atoms with E-state index in [0.717, 1.165) is 26.1 Å². The van der Waals surface area contributed by atoms with Gasteiger partial charge >= 0.3 is 0 Å². The van der Waals surface area contributed by atoms with Crippen molar-refractivity contribution in [1.29, 1.82) is 0 Å². The maximum absolute atomic E-state index is 13.3. The highest BCUT2D eigenvalue weighted by Gasteiger charge is 2.09. The van der Waals surface area contributed by atoms with Crippen molar-refractivity contribution in [2.45, 2.75) is 33.2 Å².